The summed E-state index contributed by atoms with van der Waals surface area (Å²) in [5.41, 5.74) is 4.02. The van der Waals surface area contributed by atoms with Gasteiger partial charge >= 0.3 is 0 Å². The van der Waals surface area contributed by atoms with E-state index in [0.717, 1.165) is 24.0 Å². The van der Waals surface area contributed by atoms with Gasteiger partial charge in [-0.3, -0.25) is 9.88 Å². The van der Waals surface area contributed by atoms with E-state index in [4.69, 9.17) is 4.98 Å². The van der Waals surface area contributed by atoms with E-state index in [0.29, 0.717) is 12.1 Å². The summed E-state index contributed by atoms with van der Waals surface area (Å²) in [6, 6.07) is 7.67. The Balaban J connectivity index is 2.85. The number of rotatable bonds is 8. The third-order valence-electron chi connectivity index (χ3n) is 4.21. The molecule has 2 nitrogen and oxygen atoms in total. The molecule has 1 rings (SSSR count). The van der Waals surface area contributed by atoms with E-state index in [2.05, 4.69) is 78.5 Å². The van der Waals surface area contributed by atoms with Crippen molar-refractivity contribution in [1.29, 1.82) is 0 Å². The molecule has 0 aromatic carbocycles. The topological polar surface area (TPSA) is 16.1 Å². The molecule has 0 saturated heterocycles. The quantitative estimate of drug-likeness (QED) is 0.588. The standard InChI is InChI=1S/C19H35N2P/c1-14(2)21(15(3)4)12-18-10-9-11-19(20-18)13-22(16(5)6)17(7)8/h9-11,14-17H,12-13H2,1-8H3. The van der Waals surface area contributed by atoms with Gasteiger partial charge in [0.05, 0.1) is 5.69 Å². The van der Waals surface area contributed by atoms with Crippen LogP contribution in [0, 0.1) is 0 Å². The second-order valence-electron chi connectivity index (χ2n) is 7.34. The SMILES string of the molecule is CC(C)N(Cc1cccc(CP(C(C)C)C(C)C)n1)C(C)C. The van der Waals surface area contributed by atoms with Crippen LogP contribution in [-0.4, -0.2) is 33.3 Å². The molecule has 0 N–H and O–H groups in total. The Bertz CT molecular complexity index is 388. The zero-order chi connectivity index (χ0) is 16.9. The van der Waals surface area contributed by atoms with Crippen LogP contribution >= 0.6 is 7.92 Å². The first-order valence-electron chi connectivity index (χ1n) is 8.68. The van der Waals surface area contributed by atoms with Crippen LogP contribution < -0.4 is 0 Å². The van der Waals surface area contributed by atoms with Crippen molar-refractivity contribution in [2.24, 2.45) is 0 Å². The van der Waals surface area contributed by atoms with Gasteiger partial charge in [-0.25, -0.2) is 0 Å². The summed E-state index contributed by atoms with van der Waals surface area (Å²) in [6.45, 7) is 19.4. The van der Waals surface area contributed by atoms with Gasteiger partial charge in [0.2, 0.25) is 0 Å². The molecule has 1 aromatic rings. The summed E-state index contributed by atoms with van der Waals surface area (Å²) in [7, 11) is 0.0113. The lowest BCUT2D eigenvalue weighted by Crippen LogP contribution is -2.36. The van der Waals surface area contributed by atoms with E-state index < -0.39 is 0 Å². The Morgan fingerprint density at radius 3 is 1.82 bits per heavy atom. The lowest BCUT2D eigenvalue weighted by Gasteiger charge is -2.30. The highest BCUT2D eigenvalue weighted by atomic mass is 31.1. The van der Waals surface area contributed by atoms with Gasteiger partial charge in [-0.15, -0.1) is 0 Å². The molecule has 126 valence electrons. The van der Waals surface area contributed by atoms with Crippen LogP contribution in [0.4, 0.5) is 0 Å². The summed E-state index contributed by atoms with van der Waals surface area (Å²) in [6.07, 6.45) is 1.15. The van der Waals surface area contributed by atoms with Crippen LogP contribution in [0.25, 0.3) is 0 Å². The molecular formula is C19H35N2P. The van der Waals surface area contributed by atoms with Crippen LogP contribution in [0.15, 0.2) is 18.2 Å². The van der Waals surface area contributed by atoms with E-state index in [1.165, 1.54) is 11.4 Å². The summed E-state index contributed by atoms with van der Waals surface area (Å²) >= 11 is 0. The molecule has 0 saturated carbocycles. The van der Waals surface area contributed by atoms with Crippen molar-refractivity contribution in [3.8, 4) is 0 Å². The second-order valence-corrected chi connectivity index (χ2v) is 10.8. The van der Waals surface area contributed by atoms with Gasteiger partial charge < -0.3 is 0 Å². The molecule has 0 fully saturated rings. The normalized spacial score (nSPS) is 12.6. The van der Waals surface area contributed by atoms with Crippen molar-refractivity contribution < 1.29 is 0 Å². The fourth-order valence-electron chi connectivity index (χ4n) is 3.00. The Labute approximate surface area is 139 Å². The molecule has 0 unspecified atom stereocenters. The van der Waals surface area contributed by atoms with Crippen molar-refractivity contribution in [2.75, 3.05) is 0 Å². The first kappa shape index (κ1) is 19.6. The minimum Gasteiger partial charge on any atom is -0.293 e. The molecule has 22 heavy (non-hydrogen) atoms. The lowest BCUT2D eigenvalue weighted by molar-refractivity contribution is 0.164. The van der Waals surface area contributed by atoms with Crippen LogP contribution in [0.5, 0.6) is 0 Å². The second kappa shape index (κ2) is 8.99. The van der Waals surface area contributed by atoms with E-state index in [9.17, 15) is 0 Å². The van der Waals surface area contributed by atoms with Crippen molar-refractivity contribution in [1.82, 2.24) is 9.88 Å². The molecule has 1 aromatic heterocycles. The molecule has 3 heteroatoms. The van der Waals surface area contributed by atoms with Crippen molar-refractivity contribution >= 4 is 7.92 Å². The van der Waals surface area contributed by atoms with Crippen molar-refractivity contribution in [3.05, 3.63) is 29.6 Å². The van der Waals surface area contributed by atoms with Crippen molar-refractivity contribution in [3.63, 3.8) is 0 Å². The van der Waals surface area contributed by atoms with Gasteiger partial charge in [0.15, 0.2) is 0 Å². The first-order valence-corrected chi connectivity index (χ1v) is 10.3. The minimum absolute atomic E-state index is 0.0113. The van der Waals surface area contributed by atoms with E-state index in [1.807, 2.05) is 0 Å². The Hall–Kier alpha value is -0.460. The van der Waals surface area contributed by atoms with Gasteiger partial charge in [0, 0.05) is 30.5 Å². The predicted octanol–water partition coefficient (Wildman–Crippen LogP) is 5.50. The molecule has 0 amide bonds. The van der Waals surface area contributed by atoms with Gasteiger partial charge in [0.25, 0.3) is 0 Å². The summed E-state index contributed by atoms with van der Waals surface area (Å²) in [5, 5.41) is 0. The summed E-state index contributed by atoms with van der Waals surface area (Å²) in [4.78, 5) is 7.46. The van der Waals surface area contributed by atoms with Gasteiger partial charge in [-0.2, -0.15) is 0 Å². The zero-order valence-electron chi connectivity index (χ0n) is 15.8. The molecule has 0 atom stereocenters. The summed E-state index contributed by atoms with van der Waals surface area (Å²) < 4.78 is 0. The molecule has 0 aliphatic rings. The number of hydrogen-bond donors (Lipinski definition) is 0. The molecule has 0 bridgehead atoms. The Morgan fingerprint density at radius 1 is 0.864 bits per heavy atom. The maximum atomic E-state index is 4.96. The maximum Gasteiger partial charge on any atom is 0.0547 e. The number of pyridine rings is 1. The maximum absolute atomic E-state index is 4.96. The summed E-state index contributed by atoms with van der Waals surface area (Å²) in [5.74, 6) is 0. The Morgan fingerprint density at radius 2 is 1.36 bits per heavy atom. The number of nitrogens with zero attached hydrogens (tertiary/aromatic N) is 2. The first-order chi connectivity index (χ1) is 10.2. The Kier molecular flexibility index (Phi) is 8.00. The lowest BCUT2D eigenvalue weighted by atomic mass is 10.2. The average Bonchev–Trinajstić information content (AvgIpc) is 2.41. The van der Waals surface area contributed by atoms with E-state index >= 15 is 0 Å². The highest BCUT2D eigenvalue weighted by Crippen LogP contribution is 2.48. The number of hydrogen-bond acceptors (Lipinski definition) is 2. The average molecular weight is 322 g/mol. The molecule has 0 aliphatic heterocycles. The fourth-order valence-corrected chi connectivity index (χ4v) is 5.48. The highest BCUT2D eigenvalue weighted by molar-refractivity contribution is 7.58. The van der Waals surface area contributed by atoms with Gasteiger partial charge in [-0.1, -0.05) is 41.7 Å². The monoisotopic (exact) mass is 322 g/mol. The molecule has 1 heterocycles. The molecular weight excluding hydrogens is 287 g/mol. The predicted molar refractivity (Wildman–Crippen MR) is 101 cm³/mol. The van der Waals surface area contributed by atoms with E-state index in [-0.39, 0.29) is 7.92 Å². The van der Waals surface area contributed by atoms with Crippen LogP contribution in [0.3, 0.4) is 0 Å². The minimum atomic E-state index is 0.0113. The fraction of sp³-hybridized carbons (Fsp3) is 0.737. The molecule has 0 radical (unpaired) electrons. The van der Waals surface area contributed by atoms with Crippen LogP contribution in [-0.2, 0) is 12.7 Å². The van der Waals surface area contributed by atoms with Crippen LogP contribution in [0.2, 0.25) is 0 Å². The molecule has 0 aliphatic carbocycles. The van der Waals surface area contributed by atoms with Gasteiger partial charge in [-0.05, 0) is 51.1 Å². The largest absolute Gasteiger partial charge is 0.293 e. The van der Waals surface area contributed by atoms with Gasteiger partial charge in [0.1, 0.15) is 0 Å². The third kappa shape index (κ3) is 5.97. The van der Waals surface area contributed by atoms with E-state index in [1.54, 1.807) is 0 Å². The molecule has 0 spiro atoms. The van der Waals surface area contributed by atoms with Crippen LogP contribution in [0.1, 0.15) is 66.8 Å². The zero-order valence-corrected chi connectivity index (χ0v) is 16.7. The third-order valence-corrected chi connectivity index (χ3v) is 7.55. The van der Waals surface area contributed by atoms with Crippen molar-refractivity contribution in [2.45, 2.75) is 91.5 Å². The number of aromatic nitrogens is 1. The highest BCUT2D eigenvalue weighted by Gasteiger charge is 2.19. The smallest absolute Gasteiger partial charge is 0.0547 e.